The van der Waals surface area contributed by atoms with Crippen LogP contribution in [0, 0.1) is 11.3 Å². The molecule has 0 atom stereocenters. The van der Waals surface area contributed by atoms with E-state index in [2.05, 4.69) is 10.2 Å². The zero-order valence-electron chi connectivity index (χ0n) is 10.9. The number of carbonyl (C=O) groups is 1. The van der Waals surface area contributed by atoms with E-state index in [0.717, 1.165) is 0 Å². The van der Waals surface area contributed by atoms with E-state index >= 15 is 0 Å². The quantitative estimate of drug-likeness (QED) is 0.615. The number of ether oxygens (including phenoxy) is 1. The van der Waals surface area contributed by atoms with Crippen molar-refractivity contribution in [2.24, 2.45) is 10.2 Å². The molecule has 0 unspecified atom stereocenters. The van der Waals surface area contributed by atoms with Crippen molar-refractivity contribution < 1.29 is 9.53 Å². The second kappa shape index (κ2) is 7.17. The molecule has 6 heteroatoms. The van der Waals surface area contributed by atoms with Crippen molar-refractivity contribution in [3.63, 3.8) is 0 Å². The normalized spacial score (nSPS) is 10.3. The van der Waals surface area contributed by atoms with Gasteiger partial charge in [0.2, 0.25) is 0 Å². The first-order chi connectivity index (χ1) is 10.2. The van der Waals surface area contributed by atoms with E-state index in [1.165, 1.54) is 0 Å². The minimum Gasteiger partial charge on any atom is -0.484 e. The third-order valence-electron chi connectivity index (χ3n) is 2.47. The number of benzene rings is 2. The summed E-state index contributed by atoms with van der Waals surface area (Å²) >= 11 is 5.18. The molecule has 5 nitrogen and oxygen atoms in total. The first kappa shape index (κ1) is 14.7. The first-order valence-electron chi connectivity index (χ1n) is 6.00. The number of nitrogens with zero attached hydrogens (tertiary/aromatic N) is 3. The van der Waals surface area contributed by atoms with Gasteiger partial charge in [0.1, 0.15) is 5.75 Å². The van der Waals surface area contributed by atoms with Gasteiger partial charge >= 0.3 is 0 Å². The van der Waals surface area contributed by atoms with Gasteiger partial charge in [-0.3, -0.25) is 4.79 Å². The number of azo groups is 1. The number of halogens is 1. The molecule has 0 saturated heterocycles. The van der Waals surface area contributed by atoms with Gasteiger partial charge in [0.15, 0.2) is 6.61 Å². The highest BCUT2D eigenvalue weighted by molar-refractivity contribution is 6.63. The van der Waals surface area contributed by atoms with Crippen molar-refractivity contribution in [2.75, 3.05) is 6.61 Å². The van der Waals surface area contributed by atoms with E-state index in [-0.39, 0.29) is 6.61 Å². The molecule has 0 radical (unpaired) electrons. The molecular weight excluding hydrogens is 290 g/mol. The lowest BCUT2D eigenvalue weighted by Crippen LogP contribution is -2.03. The van der Waals surface area contributed by atoms with E-state index < -0.39 is 5.24 Å². The van der Waals surface area contributed by atoms with Gasteiger partial charge < -0.3 is 4.74 Å². The lowest BCUT2D eigenvalue weighted by molar-refractivity contribution is -0.113. The van der Waals surface area contributed by atoms with E-state index in [4.69, 9.17) is 21.6 Å². The molecule has 104 valence electrons. The van der Waals surface area contributed by atoms with Crippen LogP contribution in [0.3, 0.4) is 0 Å². The zero-order chi connectivity index (χ0) is 15.1. The minimum absolute atomic E-state index is 0.173. The highest BCUT2D eigenvalue weighted by Crippen LogP contribution is 2.21. The van der Waals surface area contributed by atoms with Crippen molar-refractivity contribution in [2.45, 2.75) is 0 Å². The molecule has 0 aromatic heterocycles. The highest BCUT2D eigenvalue weighted by Gasteiger charge is 1.99. The van der Waals surface area contributed by atoms with Crippen LogP contribution in [0.5, 0.6) is 5.75 Å². The summed E-state index contributed by atoms with van der Waals surface area (Å²) in [7, 11) is 0. The Morgan fingerprint density at radius 1 is 1.05 bits per heavy atom. The first-order valence-corrected chi connectivity index (χ1v) is 6.38. The topological polar surface area (TPSA) is 74.8 Å². The Hall–Kier alpha value is -2.71. The smallest absolute Gasteiger partial charge is 0.259 e. The Bertz CT molecular complexity index is 688. The van der Waals surface area contributed by atoms with Crippen LogP contribution >= 0.6 is 11.6 Å². The summed E-state index contributed by atoms with van der Waals surface area (Å²) < 4.78 is 5.13. The van der Waals surface area contributed by atoms with Crippen LogP contribution in [-0.2, 0) is 4.79 Å². The average Bonchev–Trinajstić information content (AvgIpc) is 2.52. The third-order valence-corrected chi connectivity index (χ3v) is 2.58. The van der Waals surface area contributed by atoms with Gasteiger partial charge in [-0.05, 0) is 60.1 Å². The maximum atomic E-state index is 10.6. The predicted molar refractivity (Wildman–Crippen MR) is 78.1 cm³/mol. The molecule has 0 aliphatic rings. The third kappa shape index (κ3) is 4.71. The second-order valence-corrected chi connectivity index (χ2v) is 4.42. The van der Waals surface area contributed by atoms with Gasteiger partial charge in [0.05, 0.1) is 23.0 Å². The number of nitriles is 1. The largest absolute Gasteiger partial charge is 0.484 e. The summed E-state index contributed by atoms with van der Waals surface area (Å²) in [4.78, 5) is 10.6. The van der Waals surface area contributed by atoms with Crippen molar-refractivity contribution in [1.29, 1.82) is 5.26 Å². The van der Waals surface area contributed by atoms with Crippen molar-refractivity contribution >= 4 is 28.2 Å². The molecule has 0 N–H and O–H groups in total. The van der Waals surface area contributed by atoms with Crippen molar-refractivity contribution in [1.82, 2.24) is 0 Å². The highest BCUT2D eigenvalue weighted by atomic mass is 35.5. The Morgan fingerprint density at radius 3 is 2.05 bits per heavy atom. The fourth-order valence-corrected chi connectivity index (χ4v) is 1.52. The van der Waals surface area contributed by atoms with Crippen molar-refractivity contribution in [3.05, 3.63) is 54.1 Å². The molecule has 2 rings (SSSR count). The van der Waals surface area contributed by atoms with Gasteiger partial charge in [-0.25, -0.2) is 0 Å². The van der Waals surface area contributed by atoms with E-state index in [0.29, 0.717) is 22.7 Å². The molecule has 2 aromatic carbocycles. The monoisotopic (exact) mass is 299 g/mol. The summed E-state index contributed by atoms with van der Waals surface area (Å²) in [5, 5.41) is 16.3. The van der Waals surface area contributed by atoms with Gasteiger partial charge in [-0.15, -0.1) is 0 Å². The number of rotatable bonds is 5. The molecule has 0 bridgehead atoms. The molecule has 0 spiro atoms. The van der Waals surface area contributed by atoms with Crippen LogP contribution in [0.4, 0.5) is 11.4 Å². The average molecular weight is 300 g/mol. The Labute approximate surface area is 126 Å². The molecule has 0 amide bonds. The second-order valence-electron chi connectivity index (χ2n) is 4.00. The summed E-state index contributed by atoms with van der Waals surface area (Å²) in [5.74, 6) is 0.529. The van der Waals surface area contributed by atoms with Gasteiger partial charge in [0, 0.05) is 0 Å². The van der Waals surface area contributed by atoms with Crippen LogP contribution in [0.15, 0.2) is 58.8 Å². The number of hydrogen-bond acceptors (Lipinski definition) is 5. The SMILES string of the molecule is N#Cc1ccc(N=Nc2ccc(OCC(=O)Cl)cc2)cc1. The molecular formula is C15H10ClN3O2. The fraction of sp³-hybridized carbons (Fsp3) is 0.0667. The molecule has 2 aromatic rings. The standard InChI is InChI=1S/C15H10ClN3O2/c16-15(20)10-21-14-7-5-13(6-8-14)19-18-12-3-1-11(9-17)2-4-12/h1-8H,10H2. The minimum atomic E-state index is -0.556. The summed E-state index contributed by atoms with van der Waals surface area (Å²) in [6.45, 7) is -0.173. The van der Waals surface area contributed by atoms with E-state index in [9.17, 15) is 4.79 Å². The summed E-state index contributed by atoms with van der Waals surface area (Å²) in [5.41, 5.74) is 1.87. The van der Waals surface area contributed by atoms with Crippen LogP contribution in [-0.4, -0.2) is 11.8 Å². The van der Waals surface area contributed by atoms with Crippen LogP contribution in [0.1, 0.15) is 5.56 Å². The predicted octanol–water partition coefficient (Wildman–Crippen LogP) is 4.12. The number of carbonyl (C=O) groups excluding carboxylic acids is 1. The van der Waals surface area contributed by atoms with E-state index in [1.807, 2.05) is 6.07 Å². The van der Waals surface area contributed by atoms with Gasteiger partial charge in [-0.1, -0.05) is 0 Å². The Morgan fingerprint density at radius 2 is 1.57 bits per heavy atom. The van der Waals surface area contributed by atoms with E-state index in [1.54, 1.807) is 48.5 Å². The molecule has 0 saturated carbocycles. The Kier molecular flexibility index (Phi) is 5.02. The molecule has 0 heterocycles. The molecule has 0 aliphatic carbocycles. The van der Waals surface area contributed by atoms with Crippen LogP contribution in [0.2, 0.25) is 0 Å². The molecule has 0 aliphatic heterocycles. The lowest BCUT2D eigenvalue weighted by Gasteiger charge is -2.02. The maximum Gasteiger partial charge on any atom is 0.259 e. The Balaban J connectivity index is 2.00. The fourth-order valence-electron chi connectivity index (χ4n) is 1.47. The van der Waals surface area contributed by atoms with Crippen LogP contribution in [0.25, 0.3) is 0 Å². The van der Waals surface area contributed by atoms with Gasteiger partial charge in [-0.2, -0.15) is 15.5 Å². The lowest BCUT2D eigenvalue weighted by atomic mass is 10.2. The molecule has 0 fully saturated rings. The molecule has 21 heavy (non-hydrogen) atoms. The zero-order valence-corrected chi connectivity index (χ0v) is 11.6. The summed E-state index contributed by atoms with van der Waals surface area (Å²) in [6.07, 6.45) is 0. The van der Waals surface area contributed by atoms with Crippen molar-refractivity contribution in [3.8, 4) is 11.8 Å². The number of hydrogen-bond donors (Lipinski definition) is 0. The maximum absolute atomic E-state index is 10.6. The van der Waals surface area contributed by atoms with Crippen LogP contribution < -0.4 is 4.74 Å². The summed E-state index contributed by atoms with van der Waals surface area (Å²) in [6, 6.07) is 15.6. The van der Waals surface area contributed by atoms with Gasteiger partial charge in [0.25, 0.3) is 5.24 Å².